The predicted molar refractivity (Wildman–Crippen MR) is 83.2 cm³/mol. The molecule has 7 nitrogen and oxygen atoms in total. The average molecular weight is 349 g/mol. The first-order valence-electron chi connectivity index (χ1n) is 6.48. The molecule has 1 aromatic carbocycles. The molecule has 2 heterocycles. The molecule has 0 aliphatic rings. The van der Waals surface area contributed by atoms with Gasteiger partial charge in [-0.3, -0.25) is 10.1 Å². The number of hydrogen-bond donors (Lipinski definition) is 1. The number of sulfone groups is 1. The highest BCUT2D eigenvalue weighted by Crippen LogP contribution is 2.23. The molecule has 1 amide bonds. The standard InChI is InChI=1S/C14H11N3O4S2/c1-9-16-17-14(22-9)15-13(18)11-7-8-12(21-11)23(19,20)10-5-3-2-4-6-10/h2-8H,1H3,(H,15,17,18). The van der Waals surface area contributed by atoms with Crippen molar-refractivity contribution < 1.29 is 17.6 Å². The van der Waals surface area contributed by atoms with Crippen LogP contribution in [-0.2, 0) is 9.84 Å². The molecule has 2 aromatic heterocycles. The number of rotatable bonds is 4. The highest BCUT2D eigenvalue weighted by atomic mass is 32.2. The van der Waals surface area contributed by atoms with Crippen molar-refractivity contribution in [2.24, 2.45) is 0 Å². The molecule has 0 aliphatic carbocycles. The summed E-state index contributed by atoms with van der Waals surface area (Å²) in [4.78, 5) is 12.1. The number of carbonyl (C=O) groups is 1. The van der Waals surface area contributed by atoms with Gasteiger partial charge in [-0.2, -0.15) is 0 Å². The maximum absolute atomic E-state index is 12.4. The zero-order valence-corrected chi connectivity index (χ0v) is 13.5. The van der Waals surface area contributed by atoms with Gasteiger partial charge in [-0.05, 0) is 31.2 Å². The molecule has 0 saturated heterocycles. The lowest BCUT2D eigenvalue weighted by molar-refractivity contribution is 0.0991. The molecule has 0 aliphatic heterocycles. The lowest BCUT2D eigenvalue weighted by atomic mass is 10.4. The van der Waals surface area contributed by atoms with Gasteiger partial charge in [-0.1, -0.05) is 29.5 Å². The lowest BCUT2D eigenvalue weighted by Gasteiger charge is -2.00. The summed E-state index contributed by atoms with van der Waals surface area (Å²) in [6.45, 7) is 1.75. The third-order valence-corrected chi connectivity index (χ3v) is 5.27. The maximum Gasteiger partial charge on any atom is 0.293 e. The van der Waals surface area contributed by atoms with E-state index in [1.165, 1.54) is 35.6 Å². The van der Waals surface area contributed by atoms with E-state index in [2.05, 4.69) is 15.5 Å². The van der Waals surface area contributed by atoms with Crippen LogP contribution in [0.2, 0.25) is 0 Å². The van der Waals surface area contributed by atoms with E-state index in [9.17, 15) is 13.2 Å². The van der Waals surface area contributed by atoms with Crippen LogP contribution in [0.15, 0.2) is 56.9 Å². The molecule has 0 spiro atoms. The SMILES string of the molecule is Cc1nnc(NC(=O)c2ccc(S(=O)(=O)c3ccccc3)o2)s1. The van der Waals surface area contributed by atoms with Crippen LogP contribution in [0.4, 0.5) is 5.13 Å². The minimum atomic E-state index is -3.79. The first-order chi connectivity index (χ1) is 11.0. The van der Waals surface area contributed by atoms with Crippen molar-refractivity contribution in [3.63, 3.8) is 0 Å². The normalized spacial score (nSPS) is 11.3. The fourth-order valence-corrected chi connectivity index (χ4v) is 3.59. The number of amides is 1. The summed E-state index contributed by atoms with van der Waals surface area (Å²) < 4.78 is 30.0. The summed E-state index contributed by atoms with van der Waals surface area (Å²) in [6, 6.07) is 10.4. The first-order valence-corrected chi connectivity index (χ1v) is 8.78. The van der Waals surface area contributed by atoms with E-state index in [1.54, 1.807) is 25.1 Å². The van der Waals surface area contributed by atoms with E-state index in [0.29, 0.717) is 10.1 Å². The minimum absolute atomic E-state index is 0.0982. The summed E-state index contributed by atoms with van der Waals surface area (Å²) in [5, 5.41) is 10.8. The highest BCUT2D eigenvalue weighted by Gasteiger charge is 2.23. The van der Waals surface area contributed by atoms with Gasteiger partial charge in [-0.15, -0.1) is 10.2 Å². The van der Waals surface area contributed by atoms with E-state index in [-0.39, 0.29) is 15.7 Å². The van der Waals surface area contributed by atoms with Crippen molar-refractivity contribution in [3.8, 4) is 0 Å². The number of aryl methyl sites for hydroxylation is 1. The summed E-state index contributed by atoms with van der Waals surface area (Å²) in [5.41, 5.74) is 0. The molecule has 3 rings (SSSR count). The number of benzene rings is 1. The first kappa shape index (κ1) is 15.4. The molecule has 0 radical (unpaired) electrons. The smallest absolute Gasteiger partial charge is 0.293 e. The maximum atomic E-state index is 12.4. The third kappa shape index (κ3) is 3.15. The largest absolute Gasteiger partial charge is 0.439 e. The average Bonchev–Trinajstić information content (AvgIpc) is 3.18. The van der Waals surface area contributed by atoms with Gasteiger partial charge in [0.25, 0.3) is 5.91 Å². The van der Waals surface area contributed by atoms with Crippen molar-refractivity contribution in [3.05, 3.63) is 53.2 Å². The molecule has 0 atom stereocenters. The molecule has 23 heavy (non-hydrogen) atoms. The number of nitrogens with zero attached hydrogens (tertiary/aromatic N) is 2. The van der Waals surface area contributed by atoms with Gasteiger partial charge in [0.1, 0.15) is 5.01 Å². The third-order valence-electron chi connectivity index (χ3n) is 2.87. The second kappa shape index (κ2) is 5.94. The molecule has 0 bridgehead atoms. The number of hydrogen-bond acceptors (Lipinski definition) is 7. The van der Waals surface area contributed by atoms with Crippen molar-refractivity contribution in [2.45, 2.75) is 16.9 Å². The zero-order chi connectivity index (χ0) is 16.4. The van der Waals surface area contributed by atoms with Crippen LogP contribution in [0.25, 0.3) is 0 Å². The van der Waals surface area contributed by atoms with Crippen LogP contribution in [0.5, 0.6) is 0 Å². The van der Waals surface area contributed by atoms with Gasteiger partial charge in [-0.25, -0.2) is 8.42 Å². The summed E-state index contributed by atoms with van der Waals surface area (Å²) in [6.07, 6.45) is 0. The van der Waals surface area contributed by atoms with E-state index < -0.39 is 15.7 Å². The Morgan fingerprint density at radius 1 is 1.13 bits per heavy atom. The Kier molecular flexibility index (Phi) is 3.97. The Labute approximate surface area is 135 Å². The van der Waals surface area contributed by atoms with E-state index >= 15 is 0 Å². The van der Waals surface area contributed by atoms with Crippen LogP contribution in [-0.4, -0.2) is 24.5 Å². The second-order valence-electron chi connectivity index (χ2n) is 4.52. The number of furan rings is 1. The van der Waals surface area contributed by atoms with Crippen LogP contribution >= 0.6 is 11.3 Å². The second-order valence-corrected chi connectivity index (χ2v) is 7.58. The number of carbonyl (C=O) groups excluding carboxylic acids is 1. The van der Waals surface area contributed by atoms with Gasteiger partial charge >= 0.3 is 0 Å². The lowest BCUT2D eigenvalue weighted by Crippen LogP contribution is -2.10. The molecule has 0 fully saturated rings. The number of nitrogens with one attached hydrogen (secondary N) is 1. The molecule has 118 valence electrons. The summed E-state index contributed by atoms with van der Waals surface area (Å²) in [7, 11) is -3.79. The Bertz CT molecular complexity index is 945. The molecular weight excluding hydrogens is 338 g/mol. The Morgan fingerprint density at radius 3 is 2.52 bits per heavy atom. The zero-order valence-electron chi connectivity index (χ0n) is 11.9. The summed E-state index contributed by atoms with van der Waals surface area (Å²) in [5.74, 6) is -0.706. The van der Waals surface area contributed by atoms with E-state index in [1.807, 2.05) is 0 Å². The van der Waals surface area contributed by atoms with Gasteiger partial charge in [0, 0.05) is 0 Å². The van der Waals surface area contributed by atoms with Crippen molar-refractivity contribution in [2.75, 3.05) is 5.32 Å². The minimum Gasteiger partial charge on any atom is -0.439 e. The Balaban J connectivity index is 1.84. The van der Waals surface area contributed by atoms with E-state index in [0.717, 1.165) is 0 Å². The van der Waals surface area contributed by atoms with Gasteiger partial charge in [0.05, 0.1) is 4.90 Å². The van der Waals surface area contributed by atoms with Crippen molar-refractivity contribution in [1.29, 1.82) is 0 Å². The van der Waals surface area contributed by atoms with Crippen LogP contribution in [0.3, 0.4) is 0 Å². The Hall–Kier alpha value is -2.52. The molecule has 1 N–H and O–H groups in total. The fourth-order valence-electron chi connectivity index (χ4n) is 1.81. The molecular formula is C14H11N3O4S2. The number of aromatic nitrogens is 2. The van der Waals surface area contributed by atoms with Crippen LogP contribution in [0, 0.1) is 6.92 Å². The van der Waals surface area contributed by atoms with Crippen LogP contribution < -0.4 is 5.32 Å². The van der Waals surface area contributed by atoms with Gasteiger partial charge in [0.2, 0.25) is 20.1 Å². The molecule has 0 saturated carbocycles. The Morgan fingerprint density at radius 2 is 1.87 bits per heavy atom. The fraction of sp³-hybridized carbons (Fsp3) is 0.0714. The number of anilines is 1. The molecule has 9 heteroatoms. The van der Waals surface area contributed by atoms with Gasteiger partial charge < -0.3 is 4.42 Å². The quantitative estimate of drug-likeness (QED) is 0.776. The monoisotopic (exact) mass is 349 g/mol. The van der Waals surface area contributed by atoms with Crippen molar-refractivity contribution in [1.82, 2.24) is 10.2 Å². The highest BCUT2D eigenvalue weighted by molar-refractivity contribution is 7.91. The predicted octanol–water partition coefficient (Wildman–Crippen LogP) is 2.52. The van der Waals surface area contributed by atoms with Crippen molar-refractivity contribution >= 4 is 32.2 Å². The van der Waals surface area contributed by atoms with Gasteiger partial charge in [0.15, 0.2) is 5.76 Å². The molecule has 3 aromatic rings. The van der Waals surface area contributed by atoms with E-state index in [4.69, 9.17) is 4.42 Å². The molecule has 0 unspecified atom stereocenters. The van der Waals surface area contributed by atoms with Crippen LogP contribution in [0.1, 0.15) is 15.6 Å². The topological polar surface area (TPSA) is 102 Å². The summed E-state index contributed by atoms with van der Waals surface area (Å²) >= 11 is 1.21.